The lowest BCUT2D eigenvalue weighted by Gasteiger charge is -1.97. The van der Waals surface area contributed by atoms with Crippen LogP contribution in [0.25, 0.3) is 10.9 Å². The Balaban J connectivity index is 1.92. The molecule has 25 heavy (non-hydrogen) atoms. The van der Waals surface area contributed by atoms with Gasteiger partial charge in [0, 0.05) is 20.5 Å². The summed E-state index contributed by atoms with van der Waals surface area (Å²) in [6, 6.07) is 6.54. The first-order chi connectivity index (χ1) is 12.0. The maximum atomic E-state index is 12.1. The Hall–Kier alpha value is -2.59. The average molecular weight is 467 g/mol. The Morgan fingerprint density at radius 1 is 1.28 bits per heavy atom. The van der Waals surface area contributed by atoms with Crippen LogP contribution in [0.4, 0.5) is 5.69 Å². The number of benzene rings is 1. The van der Waals surface area contributed by atoms with E-state index in [4.69, 9.17) is 5.21 Å². The Labute approximate surface area is 157 Å². The Kier molecular flexibility index (Phi) is 4.91. The van der Waals surface area contributed by atoms with E-state index in [1.807, 2.05) is 6.07 Å². The molecule has 0 saturated heterocycles. The van der Waals surface area contributed by atoms with E-state index in [0.29, 0.717) is 16.6 Å². The lowest BCUT2D eigenvalue weighted by atomic mass is 10.2. The molecule has 0 aliphatic rings. The third kappa shape index (κ3) is 3.59. The highest BCUT2D eigenvalue weighted by molar-refractivity contribution is 9.11. The van der Waals surface area contributed by atoms with Gasteiger partial charge in [0.05, 0.1) is 23.0 Å². The van der Waals surface area contributed by atoms with Crippen molar-refractivity contribution in [2.75, 3.05) is 0 Å². The number of azo groups is 1. The highest BCUT2D eigenvalue weighted by Crippen LogP contribution is 2.40. The number of hydrogen-bond acceptors (Lipinski definition) is 6. The number of carbonyl (C=O) groups excluding carboxylic acids is 1. The fraction of sp³-hybridized carbons (Fsp3) is 0. The van der Waals surface area contributed by atoms with Crippen LogP contribution >= 0.6 is 31.9 Å². The monoisotopic (exact) mass is 465 g/mol. The fourth-order valence-electron chi connectivity index (χ4n) is 2.11. The summed E-state index contributed by atoms with van der Waals surface area (Å²) in [5.41, 5.74) is 1.39. The molecule has 3 aromatic rings. The number of nitrogens with zero attached hydrogens (tertiary/aromatic N) is 4. The van der Waals surface area contributed by atoms with Crippen LogP contribution in [-0.4, -0.2) is 32.4 Å². The molecule has 0 aliphatic carbocycles. The molecule has 1 amide bonds. The summed E-state index contributed by atoms with van der Waals surface area (Å²) in [5.74, 6) is -0.819. The molecular formula is C15H9Br2N5O3. The highest BCUT2D eigenvalue weighted by atomic mass is 79.9. The molecule has 3 N–H and O–H groups in total. The highest BCUT2D eigenvalue weighted by Gasteiger charge is 2.14. The molecule has 0 bridgehead atoms. The van der Waals surface area contributed by atoms with Crippen LogP contribution in [0.1, 0.15) is 16.1 Å². The first-order valence-corrected chi connectivity index (χ1v) is 8.37. The second-order valence-corrected chi connectivity index (χ2v) is 6.62. The molecule has 2 aromatic heterocycles. The van der Waals surface area contributed by atoms with Gasteiger partial charge in [-0.25, -0.2) is 0 Å². The van der Waals surface area contributed by atoms with Crippen LogP contribution in [0.5, 0.6) is 5.88 Å². The zero-order valence-corrected chi connectivity index (χ0v) is 15.5. The third-order valence-electron chi connectivity index (χ3n) is 3.24. The van der Waals surface area contributed by atoms with Crippen LogP contribution < -0.4 is 0 Å². The van der Waals surface area contributed by atoms with Gasteiger partial charge in [-0.1, -0.05) is 21.1 Å². The van der Waals surface area contributed by atoms with E-state index in [1.165, 1.54) is 18.3 Å². The summed E-state index contributed by atoms with van der Waals surface area (Å²) >= 11 is 6.74. The fourth-order valence-corrected chi connectivity index (χ4v) is 3.44. The molecule has 10 heteroatoms. The van der Waals surface area contributed by atoms with Gasteiger partial charge in [0.1, 0.15) is 0 Å². The predicted molar refractivity (Wildman–Crippen MR) is 97.8 cm³/mol. The number of fused-ring (bicyclic) bond motifs is 1. The van der Waals surface area contributed by atoms with Gasteiger partial charge in [-0.05, 0) is 40.2 Å². The zero-order chi connectivity index (χ0) is 18.0. The van der Waals surface area contributed by atoms with Crippen molar-refractivity contribution in [3.8, 4) is 5.88 Å². The van der Waals surface area contributed by atoms with E-state index in [-0.39, 0.29) is 17.1 Å². The number of aromatic nitrogens is 2. The molecule has 0 atom stereocenters. The van der Waals surface area contributed by atoms with E-state index in [0.717, 1.165) is 15.2 Å². The normalized spacial score (nSPS) is 11.8. The molecule has 0 radical (unpaired) electrons. The van der Waals surface area contributed by atoms with Crippen LogP contribution in [0.3, 0.4) is 0 Å². The maximum Gasteiger partial charge on any atom is 0.296 e. The van der Waals surface area contributed by atoms with E-state index in [2.05, 4.69) is 57.2 Å². The number of oxime groups is 1. The van der Waals surface area contributed by atoms with Crippen molar-refractivity contribution in [1.82, 2.24) is 9.97 Å². The molecule has 2 heterocycles. The second kappa shape index (κ2) is 7.11. The Bertz CT molecular complexity index is 1010. The largest absolute Gasteiger partial charge is 0.493 e. The minimum atomic E-state index is -0.622. The second-order valence-electron chi connectivity index (χ2n) is 4.85. The van der Waals surface area contributed by atoms with Gasteiger partial charge in [-0.3, -0.25) is 9.78 Å². The average Bonchev–Trinajstić information content (AvgIpc) is 2.89. The van der Waals surface area contributed by atoms with Crippen molar-refractivity contribution in [2.24, 2.45) is 15.4 Å². The molecule has 0 aliphatic heterocycles. The number of amides is 1. The Morgan fingerprint density at radius 3 is 2.76 bits per heavy atom. The van der Waals surface area contributed by atoms with Crippen molar-refractivity contribution in [3.05, 3.63) is 50.7 Å². The number of aromatic amines is 1. The first kappa shape index (κ1) is 17.2. The van der Waals surface area contributed by atoms with Crippen LogP contribution in [0.15, 0.2) is 54.8 Å². The van der Waals surface area contributed by atoms with Crippen molar-refractivity contribution < 1.29 is 15.1 Å². The first-order valence-electron chi connectivity index (χ1n) is 6.79. The van der Waals surface area contributed by atoms with Gasteiger partial charge in [0.2, 0.25) is 5.88 Å². The minimum absolute atomic E-state index is 0.155. The molecule has 0 spiro atoms. The summed E-state index contributed by atoms with van der Waals surface area (Å²) in [4.78, 5) is 18.8. The van der Waals surface area contributed by atoms with Gasteiger partial charge < -0.3 is 15.3 Å². The quantitative estimate of drug-likeness (QED) is 0.227. The number of pyridine rings is 1. The third-order valence-corrected chi connectivity index (χ3v) is 4.33. The van der Waals surface area contributed by atoms with Gasteiger partial charge in [0.15, 0.2) is 5.69 Å². The van der Waals surface area contributed by atoms with E-state index in [9.17, 15) is 9.90 Å². The smallest absolute Gasteiger partial charge is 0.296 e. The summed E-state index contributed by atoms with van der Waals surface area (Å²) in [6.45, 7) is 0. The summed E-state index contributed by atoms with van der Waals surface area (Å²) < 4.78 is 1.50. The van der Waals surface area contributed by atoms with Crippen molar-refractivity contribution in [3.63, 3.8) is 0 Å². The SMILES string of the molecule is O=C(N=Nc1c(O)[nH]c2c(Br)cc(Br)cc12)c1ccc(/C=N\O)nc1. The number of aromatic hydroxyl groups is 1. The van der Waals surface area contributed by atoms with E-state index >= 15 is 0 Å². The molecule has 0 saturated carbocycles. The molecule has 3 rings (SSSR count). The maximum absolute atomic E-state index is 12.1. The van der Waals surface area contributed by atoms with Gasteiger partial charge in [0.25, 0.3) is 5.91 Å². The number of halogens is 2. The lowest BCUT2D eigenvalue weighted by Crippen LogP contribution is -1.96. The van der Waals surface area contributed by atoms with Crippen LogP contribution in [0, 0.1) is 0 Å². The van der Waals surface area contributed by atoms with Crippen LogP contribution in [-0.2, 0) is 0 Å². The number of carbonyl (C=O) groups is 1. The van der Waals surface area contributed by atoms with Gasteiger partial charge in [-0.15, -0.1) is 10.2 Å². The van der Waals surface area contributed by atoms with Gasteiger partial charge in [-0.2, -0.15) is 0 Å². The Morgan fingerprint density at radius 2 is 2.08 bits per heavy atom. The van der Waals surface area contributed by atoms with E-state index in [1.54, 1.807) is 6.07 Å². The number of H-pyrrole nitrogens is 1. The minimum Gasteiger partial charge on any atom is -0.493 e. The molecule has 1 aromatic carbocycles. The topological polar surface area (TPSA) is 123 Å². The number of rotatable bonds is 3. The van der Waals surface area contributed by atoms with Crippen LogP contribution in [0.2, 0.25) is 0 Å². The lowest BCUT2D eigenvalue weighted by molar-refractivity contribution is 0.0994. The van der Waals surface area contributed by atoms with Gasteiger partial charge >= 0.3 is 0 Å². The molecular weight excluding hydrogens is 458 g/mol. The van der Waals surface area contributed by atoms with Crippen molar-refractivity contribution in [2.45, 2.75) is 0 Å². The summed E-state index contributed by atoms with van der Waals surface area (Å²) in [7, 11) is 0. The standard InChI is InChI=1S/C15H9Br2N5O3/c16-8-3-10-12(11(17)4-8)20-15(24)13(10)21-22-14(23)7-1-2-9(6-19-25)18-5-7/h1-6,20,24-25H/b19-6-,22-21?. The summed E-state index contributed by atoms with van der Waals surface area (Å²) in [5, 5.41) is 29.4. The predicted octanol–water partition coefficient (Wildman–Crippen LogP) is 4.53. The number of nitrogens with one attached hydrogen (secondary N) is 1. The van der Waals surface area contributed by atoms with Crippen molar-refractivity contribution in [1.29, 1.82) is 0 Å². The van der Waals surface area contributed by atoms with Crippen molar-refractivity contribution >= 4 is 60.6 Å². The molecule has 0 fully saturated rings. The molecule has 0 unspecified atom stereocenters. The van der Waals surface area contributed by atoms with E-state index < -0.39 is 5.91 Å². The number of hydrogen-bond donors (Lipinski definition) is 3. The molecule has 126 valence electrons. The summed E-state index contributed by atoms with van der Waals surface area (Å²) in [6.07, 6.45) is 2.43. The molecule has 8 nitrogen and oxygen atoms in total. The zero-order valence-electron chi connectivity index (χ0n) is 12.3.